The summed E-state index contributed by atoms with van der Waals surface area (Å²) in [4.78, 5) is 42.9. The average molecular weight is 604 g/mol. The molecule has 1 aliphatic heterocycles. The van der Waals surface area contributed by atoms with Gasteiger partial charge in [0.15, 0.2) is 16.3 Å². The number of carbonyl (C=O) groups excluding carboxylic acids is 1. The van der Waals surface area contributed by atoms with E-state index in [0.29, 0.717) is 49.2 Å². The van der Waals surface area contributed by atoms with Gasteiger partial charge in [0.25, 0.3) is 11.2 Å². The number of thiazole rings is 1. The summed E-state index contributed by atoms with van der Waals surface area (Å²) in [6.45, 7) is 7.39. The number of ether oxygens (including phenoxy) is 3. The molecule has 0 bridgehead atoms. The summed E-state index contributed by atoms with van der Waals surface area (Å²) in [7, 11) is 1.52. The van der Waals surface area contributed by atoms with E-state index in [1.165, 1.54) is 23.8 Å². The maximum atomic E-state index is 13.9. The third-order valence-corrected chi connectivity index (χ3v) is 7.61. The van der Waals surface area contributed by atoms with Crippen LogP contribution in [0.2, 0.25) is 0 Å². The molecular formula is C31H29N3O8S. The van der Waals surface area contributed by atoms with Gasteiger partial charge in [0.2, 0.25) is 0 Å². The molecule has 2 aromatic heterocycles. The second kappa shape index (κ2) is 12.1. The molecule has 5 rings (SSSR count). The molecule has 0 saturated carbocycles. The third kappa shape index (κ3) is 5.86. The van der Waals surface area contributed by atoms with Crippen molar-refractivity contribution in [1.29, 1.82) is 0 Å². The Bertz CT molecular complexity index is 1930. The zero-order chi connectivity index (χ0) is 30.8. The molecule has 0 unspecified atom stereocenters. The highest BCUT2D eigenvalue weighted by Gasteiger charge is 2.34. The van der Waals surface area contributed by atoms with E-state index in [-0.39, 0.29) is 29.5 Å². The van der Waals surface area contributed by atoms with Crippen molar-refractivity contribution in [2.45, 2.75) is 39.8 Å². The molecule has 0 fully saturated rings. The molecule has 3 heterocycles. The van der Waals surface area contributed by atoms with Crippen molar-refractivity contribution in [2.75, 3.05) is 13.7 Å². The quantitative estimate of drug-likeness (QED) is 0.152. The lowest BCUT2D eigenvalue weighted by molar-refractivity contribution is -0.384. The summed E-state index contributed by atoms with van der Waals surface area (Å²) in [6, 6.07) is 13.9. The zero-order valence-corrected chi connectivity index (χ0v) is 25.0. The maximum absolute atomic E-state index is 13.9. The van der Waals surface area contributed by atoms with Crippen LogP contribution in [0.5, 0.6) is 11.5 Å². The van der Waals surface area contributed by atoms with Gasteiger partial charge in [0.05, 0.1) is 46.6 Å². The summed E-state index contributed by atoms with van der Waals surface area (Å²) in [5, 5.41) is 11.2. The van der Waals surface area contributed by atoms with E-state index >= 15 is 0 Å². The van der Waals surface area contributed by atoms with Crippen molar-refractivity contribution < 1.29 is 28.3 Å². The molecule has 4 aromatic rings. The van der Waals surface area contributed by atoms with Gasteiger partial charge in [-0.2, -0.15) is 0 Å². The lowest BCUT2D eigenvalue weighted by atomic mass is 9.95. The number of nitro groups is 1. The molecule has 222 valence electrons. The lowest BCUT2D eigenvalue weighted by Gasteiger charge is -2.25. The molecule has 12 heteroatoms. The first kappa shape index (κ1) is 29.5. The topological polar surface area (TPSA) is 135 Å². The van der Waals surface area contributed by atoms with Gasteiger partial charge in [-0.25, -0.2) is 9.79 Å². The lowest BCUT2D eigenvalue weighted by Crippen LogP contribution is -2.40. The van der Waals surface area contributed by atoms with E-state index in [0.717, 1.165) is 11.3 Å². The number of nitro benzene ring substituents is 1. The fourth-order valence-corrected chi connectivity index (χ4v) is 5.83. The molecular weight excluding hydrogens is 574 g/mol. The van der Waals surface area contributed by atoms with Gasteiger partial charge in [-0.05, 0) is 57.5 Å². The predicted molar refractivity (Wildman–Crippen MR) is 160 cm³/mol. The SMILES string of the molecule is CCOC(=O)C1=C(C)N=c2s/c(=C\c3ccc(-c4cccc([N+](=O)[O-])c4)o3)c(=O)n2[C@@H]1c1ccc(OC(C)C)c(OC)c1. The third-order valence-electron chi connectivity index (χ3n) is 6.62. The summed E-state index contributed by atoms with van der Waals surface area (Å²) in [5.41, 5.74) is 1.39. The van der Waals surface area contributed by atoms with Gasteiger partial charge in [-0.1, -0.05) is 29.5 Å². The van der Waals surface area contributed by atoms with Crippen LogP contribution in [0.25, 0.3) is 17.4 Å². The number of hydrogen-bond donors (Lipinski definition) is 0. The Morgan fingerprint density at radius 2 is 1.98 bits per heavy atom. The maximum Gasteiger partial charge on any atom is 0.338 e. The van der Waals surface area contributed by atoms with Gasteiger partial charge < -0.3 is 18.6 Å². The molecule has 0 N–H and O–H groups in total. The molecule has 43 heavy (non-hydrogen) atoms. The number of hydrogen-bond acceptors (Lipinski definition) is 10. The van der Waals surface area contributed by atoms with Crippen LogP contribution in [0.15, 0.2) is 80.1 Å². The van der Waals surface area contributed by atoms with Gasteiger partial charge in [0.1, 0.15) is 11.5 Å². The highest BCUT2D eigenvalue weighted by Crippen LogP contribution is 2.36. The number of nitrogens with zero attached hydrogens (tertiary/aromatic N) is 3. The first-order valence-electron chi connectivity index (χ1n) is 13.5. The summed E-state index contributed by atoms with van der Waals surface area (Å²) >= 11 is 1.16. The van der Waals surface area contributed by atoms with E-state index in [2.05, 4.69) is 4.99 Å². The van der Waals surface area contributed by atoms with E-state index in [1.54, 1.807) is 62.4 Å². The standard InChI is InChI=1S/C31H29N3O8S/c1-6-40-30(36)27-18(4)32-31-33(28(27)20-10-12-24(41-17(2)3)25(15-20)39-5)29(35)26(43-31)16-22-11-13-23(42-22)19-8-7-9-21(14-19)34(37)38/h7-17,28H,6H2,1-5H3/b26-16-/t28-/m1/s1. The van der Waals surface area contributed by atoms with Crippen molar-refractivity contribution in [1.82, 2.24) is 4.57 Å². The van der Waals surface area contributed by atoms with Crippen molar-refractivity contribution >= 4 is 29.1 Å². The molecule has 2 aromatic carbocycles. The minimum absolute atomic E-state index is 0.0584. The first-order chi connectivity index (χ1) is 20.6. The van der Waals surface area contributed by atoms with Gasteiger partial charge >= 0.3 is 5.97 Å². The van der Waals surface area contributed by atoms with Crippen LogP contribution in [0.4, 0.5) is 5.69 Å². The van der Waals surface area contributed by atoms with Crippen LogP contribution in [0, 0.1) is 10.1 Å². The van der Waals surface area contributed by atoms with Crippen molar-refractivity contribution in [3.05, 3.63) is 107 Å². The summed E-state index contributed by atoms with van der Waals surface area (Å²) in [5.74, 6) is 1.20. The minimum Gasteiger partial charge on any atom is -0.493 e. The van der Waals surface area contributed by atoms with E-state index in [4.69, 9.17) is 18.6 Å². The van der Waals surface area contributed by atoms with Gasteiger partial charge in [-0.15, -0.1) is 0 Å². The van der Waals surface area contributed by atoms with Crippen molar-refractivity contribution in [3.63, 3.8) is 0 Å². The second-order valence-electron chi connectivity index (χ2n) is 9.89. The fraction of sp³-hybridized carbons (Fsp3) is 0.258. The largest absolute Gasteiger partial charge is 0.493 e. The van der Waals surface area contributed by atoms with Crippen molar-refractivity contribution in [3.8, 4) is 22.8 Å². The van der Waals surface area contributed by atoms with Gasteiger partial charge in [0, 0.05) is 23.8 Å². The number of furan rings is 1. The minimum atomic E-state index is -0.837. The Labute approximate surface area is 250 Å². The molecule has 0 spiro atoms. The number of allylic oxidation sites excluding steroid dienone is 1. The van der Waals surface area contributed by atoms with Crippen LogP contribution in [-0.2, 0) is 9.53 Å². The predicted octanol–water partition coefficient (Wildman–Crippen LogP) is 4.76. The number of aromatic nitrogens is 1. The Kier molecular flexibility index (Phi) is 8.31. The fourth-order valence-electron chi connectivity index (χ4n) is 4.80. The number of rotatable bonds is 9. The van der Waals surface area contributed by atoms with E-state index < -0.39 is 16.9 Å². The van der Waals surface area contributed by atoms with E-state index in [9.17, 15) is 19.7 Å². The number of fused-ring (bicyclic) bond motifs is 1. The first-order valence-corrected chi connectivity index (χ1v) is 14.3. The molecule has 1 aliphatic rings. The normalized spacial score (nSPS) is 14.8. The van der Waals surface area contributed by atoms with E-state index in [1.807, 2.05) is 13.8 Å². The number of carbonyl (C=O) groups is 1. The monoisotopic (exact) mass is 603 g/mol. The number of non-ortho nitro benzene ring substituents is 1. The Balaban J connectivity index is 1.63. The summed E-state index contributed by atoms with van der Waals surface area (Å²) < 4.78 is 24.6. The van der Waals surface area contributed by atoms with Crippen LogP contribution in [-0.4, -0.2) is 35.3 Å². The Morgan fingerprint density at radius 3 is 2.67 bits per heavy atom. The van der Waals surface area contributed by atoms with Crippen molar-refractivity contribution in [2.24, 2.45) is 4.99 Å². The summed E-state index contributed by atoms with van der Waals surface area (Å²) in [6.07, 6.45) is 1.50. The smallest absolute Gasteiger partial charge is 0.338 e. The van der Waals surface area contributed by atoms with Crippen LogP contribution < -0.4 is 24.4 Å². The molecule has 0 radical (unpaired) electrons. The molecule has 1 atom stereocenters. The van der Waals surface area contributed by atoms with Crippen LogP contribution >= 0.6 is 11.3 Å². The average Bonchev–Trinajstić information content (AvgIpc) is 3.56. The molecule has 0 saturated heterocycles. The highest BCUT2D eigenvalue weighted by atomic mass is 32.1. The van der Waals surface area contributed by atoms with Crippen LogP contribution in [0.1, 0.15) is 45.1 Å². The molecule has 11 nitrogen and oxygen atoms in total. The Morgan fingerprint density at radius 1 is 1.19 bits per heavy atom. The second-order valence-corrected chi connectivity index (χ2v) is 10.9. The Hall–Kier alpha value is -4.97. The van der Waals surface area contributed by atoms with Gasteiger partial charge in [-0.3, -0.25) is 19.5 Å². The highest BCUT2D eigenvalue weighted by molar-refractivity contribution is 7.07. The molecule has 0 aliphatic carbocycles. The zero-order valence-electron chi connectivity index (χ0n) is 24.2. The van der Waals surface area contributed by atoms with Crippen LogP contribution in [0.3, 0.4) is 0 Å². The molecule has 0 amide bonds. The number of benzene rings is 2. The number of esters is 1. The number of methoxy groups -OCH3 is 1.